The minimum atomic E-state index is -4.04. The lowest BCUT2D eigenvalue weighted by Crippen LogP contribution is -2.37. The number of benzene rings is 2. The second-order valence-electron chi connectivity index (χ2n) is 4.31. The highest BCUT2D eigenvalue weighted by Gasteiger charge is 2.30. The van der Waals surface area contributed by atoms with E-state index in [1.165, 1.54) is 24.3 Å². The van der Waals surface area contributed by atoms with Gasteiger partial charge in [0.25, 0.3) is 15.9 Å². The third kappa shape index (κ3) is 3.14. The van der Waals surface area contributed by atoms with E-state index in [0.717, 1.165) is 0 Å². The number of rotatable bonds is 4. The van der Waals surface area contributed by atoms with E-state index in [9.17, 15) is 13.2 Å². The third-order valence-electron chi connectivity index (χ3n) is 2.90. The van der Waals surface area contributed by atoms with Crippen LogP contribution in [0.5, 0.6) is 0 Å². The molecule has 0 aliphatic carbocycles. The number of terminal acetylenes is 1. The molecule has 0 fully saturated rings. The van der Waals surface area contributed by atoms with Crippen molar-refractivity contribution in [3.63, 3.8) is 0 Å². The summed E-state index contributed by atoms with van der Waals surface area (Å²) in [6.07, 6.45) is 5.22. The largest absolute Gasteiger partial charge is 0.270 e. The quantitative estimate of drug-likeness (QED) is 0.808. The maximum Gasteiger partial charge on any atom is 0.270 e. The minimum Gasteiger partial charge on any atom is -0.268 e. The number of nitrogens with zero attached hydrogens (tertiary/aromatic N) is 1. The molecule has 0 aliphatic rings. The summed E-state index contributed by atoms with van der Waals surface area (Å²) in [4.78, 5) is 12.5. The number of halogens is 1. The summed E-state index contributed by atoms with van der Waals surface area (Å²) in [5, 5.41) is 0.165. The van der Waals surface area contributed by atoms with Crippen molar-refractivity contribution in [1.82, 2.24) is 4.31 Å². The molecule has 0 bridgehead atoms. The lowest BCUT2D eigenvalue weighted by Gasteiger charge is -2.20. The van der Waals surface area contributed by atoms with Crippen molar-refractivity contribution in [3.05, 3.63) is 65.2 Å². The van der Waals surface area contributed by atoms with Crippen LogP contribution in [0.1, 0.15) is 10.4 Å². The first-order valence-electron chi connectivity index (χ1n) is 6.28. The van der Waals surface area contributed by atoms with Gasteiger partial charge >= 0.3 is 0 Å². The lowest BCUT2D eigenvalue weighted by atomic mass is 10.2. The number of amides is 1. The number of hydrogen-bond acceptors (Lipinski definition) is 3. The average Bonchev–Trinajstić information content (AvgIpc) is 2.53. The molecule has 0 aliphatic heterocycles. The van der Waals surface area contributed by atoms with E-state index < -0.39 is 15.9 Å². The van der Waals surface area contributed by atoms with Crippen LogP contribution in [-0.2, 0) is 10.0 Å². The zero-order valence-electron chi connectivity index (χ0n) is 11.4. The van der Waals surface area contributed by atoms with Gasteiger partial charge in [-0.2, -0.15) is 0 Å². The Labute approximate surface area is 134 Å². The summed E-state index contributed by atoms with van der Waals surface area (Å²) < 4.78 is 25.9. The smallest absolute Gasteiger partial charge is 0.268 e. The minimum absolute atomic E-state index is 0.00865. The third-order valence-corrected chi connectivity index (χ3v) is 4.97. The zero-order valence-corrected chi connectivity index (χ0v) is 13.0. The second kappa shape index (κ2) is 6.65. The SMILES string of the molecule is C#CCN(C(=O)c1ccccc1Cl)S(=O)(=O)c1ccccc1. The molecule has 0 aromatic heterocycles. The van der Waals surface area contributed by atoms with Crippen LogP contribution < -0.4 is 0 Å². The van der Waals surface area contributed by atoms with Crippen LogP contribution in [0.25, 0.3) is 0 Å². The van der Waals surface area contributed by atoms with Crippen molar-refractivity contribution in [2.45, 2.75) is 4.90 Å². The van der Waals surface area contributed by atoms with Crippen molar-refractivity contribution in [1.29, 1.82) is 0 Å². The van der Waals surface area contributed by atoms with Crippen LogP contribution in [-0.4, -0.2) is 25.2 Å². The molecule has 0 radical (unpaired) electrons. The van der Waals surface area contributed by atoms with E-state index >= 15 is 0 Å². The normalized spacial score (nSPS) is 10.7. The highest BCUT2D eigenvalue weighted by atomic mass is 35.5. The van der Waals surface area contributed by atoms with Crippen molar-refractivity contribution in [2.24, 2.45) is 0 Å². The second-order valence-corrected chi connectivity index (χ2v) is 6.58. The predicted molar refractivity (Wildman–Crippen MR) is 84.9 cm³/mol. The zero-order chi connectivity index (χ0) is 16.2. The standard InChI is InChI=1S/C16H12ClNO3S/c1-2-12-18(16(19)14-10-6-7-11-15(14)17)22(20,21)13-8-4-3-5-9-13/h1,3-11H,12H2. The Morgan fingerprint density at radius 3 is 2.27 bits per heavy atom. The van der Waals surface area contributed by atoms with E-state index in [2.05, 4.69) is 5.92 Å². The first kappa shape index (κ1) is 16.1. The molecule has 0 heterocycles. The first-order chi connectivity index (χ1) is 10.5. The molecule has 0 atom stereocenters. The number of hydrogen-bond donors (Lipinski definition) is 0. The van der Waals surface area contributed by atoms with E-state index in [0.29, 0.717) is 4.31 Å². The van der Waals surface area contributed by atoms with E-state index in [-0.39, 0.29) is 22.0 Å². The molecule has 22 heavy (non-hydrogen) atoms. The van der Waals surface area contributed by atoms with Gasteiger partial charge < -0.3 is 0 Å². The summed E-state index contributed by atoms with van der Waals surface area (Å²) in [6, 6.07) is 13.8. The lowest BCUT2D eigenvalue weighted by molar-refractivity contribution is 0.0873. The van der Waals surface area contributed by atoms with Gasteiger partial charge in [-0.05, 0) is 24.3 Å². The van der Waals surface area contributed by atoms with Crippen LogP contribution in [0.3, 0.4) is 0 Å². The molecule has 4 nitrogen and oxygen atoms in total. The summed E-state index contributed by atoms with van der Waals surface area (Å²) in [5.74, 6) is 1.44. The van der Waals surface area contributed by atoms with Gasteiger partial charge in [0.2, 0.25) is 0 Å². The Balaban J connectivity index is 2.50. The summed E-state index contributed by atoms with van der Waals surface area (Å²) in [5.41, 5.74) is 0.0823. The van der Waals surface area contributed by atoms with E-state index in [1.807, 2.05) is 0 Å². The molecule has 0 N–H and O–H groups in total. The monoisotopic (exact) mass is 333 g/mol. The fraction of sp³-hybridized carbons (Fsp3) is 0.0625. The Bertz CT molecular complexity index is 826. The van der Waals surface area contributed by atoms with Crippen molar-refractivity contribution in [3.8, 4) is 12.3 Å². The maximum atomic E-state index is 12.6. The molecular weight excluding hydrogens is 322 g/mol. The van der Waals surface area contributed by atoms with Gasteiger partial charge in [0.1, 0.15) is 0 Å². The van der Waals surface area contributed by atoms with Crippen molar-refractivity contribution < 1.29 is 13.2 Å². The Hall–Kier alpha value is -2.29. The molecule has 2 aromatic carbocycles. The maximum absolute atomic E-state index is 12.6. The van der Waals surface area contributed by atoms with Gasteiger partial charge in [-0.25, -0.2) is 12.7 Å². The van der Waals surface area contributed by atoms with E-state index in [1.54, 1.807) is 30.3 Å². The highest BCUT2D eigenvalue weighted by molar-refractivity contribution is 7.89. The Morgan fingerprint density at radius 1 is 1.09 bits per heavy atom. The first-order valence-corrected chi connectivity index (χ1v) is 8.10. The summed E-state index contributed by atoms with van der Waals surface area (Å²) in [6.45, 7) is -0.374. The van der Waals surface area contributed by atoms with Crippen LogP contribution in [0, 0.1) is 12.3 Å². The van der Waals surface area contributed by atoms with Gasteiger partial charge in [-0.1, -0.05) is 47.9 Å². The number of sulfonamides is 1. The predicted octanol–water partition coefficient (Wildman–Crippen LogP) is 2.80. The molecule has 0 unspecified atom stereocenters. The molecule has 6 heteroatoms. The molecule has 112 valence electrons. The number of carbonyl (C=O) groups is 1. The molecule has 0 saturated carbocycles. The summed E-state index contributed by atoms with van der Waals surface area (Å²) >= 11 is 5.97. The van der Waals surface area contributed by atoms with Gasteiger partial charge in [0.15, 0.2) is 0 Å². The van der Waals surface area contributed by atoms with Crippen LogP contribution in [0.15, 0.2) is 59.5 Å². The Morgan fingerprint density at radius 2 is 1.68 bits per heavy atom. The molecule has 2 rings (SSSR count). The molecular formula is C16H12ClNO3S. The molecule has 0 saturated heterocycles. The number of carbonyl (C=O) groups excluding carboxylic acids is 1. The van der Waals surface area contributed by atoms with Crippen molar-refractivity contribution >= 4 is 27.5 Å². The Kier molecular flexibility index (Phi) is 4.86. The van der Waals surface area contributed by atoms with Gasteiger partial charge in [-0.15, -0.1) is 6.42 Å². The topological polar surface area (TPSA) is 54.5 Å². The molecule has 2 aromatic rings. The molecule has 1 amide bonds. The fourth-order valence-corrected chi connectivity index (χ4v) is 3.37. The van der Waals surface area contributed by atoms with Gasteiger partial charge in [0.05, 0.1) is 22.0 Å². The van der Waals surface area contributed by atoms with Crippen LogP contribution in [0.4, 0.5) is 0 Å². The fourth-order valence-electron chi connectivity index (χ4n) is 1.84. The van der Waals surface area contributed by atoms with Crippen molar-refractivity contribution in [2.75, 3.05) is 6.54 Å². The summed E-state index contributed by atoms with van der Waals surface area (Å²) in [7, 11) is -4.04. The van der Waals surface area contributed by atoms with Gasteiger partial charge in [0, 0.05) is 0 Å². The molecule has 0 spiro atoms. The van der Waals surface area contributed by atoms with Gasteiger partial charge in [-0.3, -0.25) is 4.79 Å². The van der Waals surface area contributed by atoms with E-state index in [4.69, 9.17) is 18.0 Å². The van der Waals surface area contributed by atoms with Crippen LogP contribution >= 0.6 is 11.6 Å². The van der Waals surface area contributed by atoms with Crippen LogP contribution in [0.2, 0.25) is 5.02 Å². The average molecular weight is 334 g/mol. The highest BCUT2D eigenvalue weighted by Crippen LogP contribution is 2.22.